The summed E-state index contributed by atoms with van der Waals surface area (Å²) in [6, 6.07) is 27.6. The van der Waals surface area contributed by atoms with E-state index in [0.29, 0.717) is 18.7 Å². The van der Waals surface area contributed by atoms with Gasteiger partial charge in [0, 0.05) is 11.6 Å². The monoisotopic (exact) mass is 345 g/mol. The van der Waals surface area contributed by atoms with Crippen molar-refractivity contribution in [2.75, 3.05) is 6.54 Å². The molecule has 0 saturated heterocycles. The van der Waals surface area contributed by atoms with E-state index in [1.807, 2.05) is 72.8 Å². The number of rotatable bonds is 8. The number of nitrogens with one attached hydrogen (secondary N) is 1. The van der Waals surface area contributed by atoms with Gasteiger partial charge in [-0.2, -0.15) is 0 Å². The number of hydrogen-bond acceptors (Lipinski definition) is 3. The first-order valence-corrected chi connectivity index (χ1v) is 8.81. The first kappa shape index (κ1) is 17.9. The summed E-state index contributed by atoms with van der Waals surface area (Å²) < 4.78 is 5.76. The maximum Gasteiger partial charge on any atom is 0.176 e. The van der Waals surface area contributed by atoms with Crippen molar-refractivity contribution in [3.8, 4) is 5.75 Å². The first-order valence-electron chi connectivity index (χ1n) is 8.81. The second kappa shape index (κ2) is 8.97. The van der Waals surface area contributed by atoms with Gasteiger partial charge in [0.25, 0.3) is 0 Å². The van der Waals surface area contributed by atoms with Crippen LogP contribution >= 0.6 is 0 Å². The third-order valence-corrected chi connectivity index (χ3v) is 4.29. The molecule has 1 atom stereocenters. The highest BCUT2D eigenvalue weighted by Gasteiger charge is 2.09. The second-order valence-electron chi connectivity index (χ2n) is 6.24. The summed E-state index contributed by atoms with van der Waals surface area (Å²) in [4.78, 5) is 12.4. The molecule has 0 unspecified atom stereocenters. The number of Topliss-reactive ketones (excluding diaryl/α,β-unsaturated/α-hetero) is 1. The predicted molar refractivity (Wildman–Crippen MR) is 104 cm³/mol. The van der Waals surface area contributed by atoms with E-state index in [1.54, 1.807) is 0 Å². The molecule has 3 aromatic rings. The number of hydrogen-bond donors (Lipinski definition) is 1. The minimum atomic E-state index is 0.0717. The molecule has 0 amide bonds. The zero-order valence-corrected chi connectivity index (χ0v) is 14.9. The average molecular weight is 345 g/mol. The first-order chi connectivity index (χ1) is 12.7. The van der Waals surface area contributed by atoms with Crippen molar-refractivity contribution in [1.29, 1.82) is 0 Å². The van der Waals surface area contributed by atoms with E-state index < -0.39 is 0 Å². The molecule has 0 bridgehead atoms. The quantitative estimate of drug-likeness (QED) is 0.596. The summed E-state index contributed by atoms with van der Waals surface area (Å²) >= 11 is 0. The Balaban J connectivity index is 1.50. The smallest absolute Gasteiger partial charge is 0.176 e. The van der Waals surface area contributed by atoms with Crippen LogP contribution in [0.25, 0.3) is 0 Å². The van der Waals surface area contributed by atoms with Crippen molar-refractivity contribution in [1.82, 2.24) is 5.32 Å². The van der Waals surface area contributed by atoms with Crippen LogP contribution in [0.1, 0.15) is 34.5 Å². The van der Waals surface area contributed by atoms with Gasteiger partial charge in [-0.05, 0) is 42.3 Å². The Labute approximate surface area is 154 Å². The topological polar surface area (TPSA) is 38.3 Å². The minimum Gasteiger partial charge on any atom is -0.489 e. The van der Waals surface area contributed by atoms with E-state index in [-0.39, 0.29) is 11.8 Å². The highest BCUT2D eigenvalue weighted by molar-refractivity contribution is 5.97. The number of benzene rings is 3. The molecule has 0 aromatic heterocycles. The molecule has 0 radical (unpaired) electrons. The lowest BCUT2D eigenvalue weighted by atomic mass is 10.1. The van der Waals surface area contributed by atoms with Crippen molar-refractivity contribution in [2.24, 2.45) is 0 Å². The van der Waals surface area contributed by atoms with Crippen LogP contribution in [0.3, 0.4) is 0 Å². The predicted octanol–water partition coefficient (Wildman–Crippen LogP) is 4.80. The summed E-state index contributed by atoms with van der Waals surface area (Å²) in [7, 11) is 0. The SMILES string of the molecule is C[C@H](NCC(=O)c1ccc(OCc2ccccc2)cc1)c1ccccc1. The van der Waals surface area contributed by atoms with E-state index >= 15 is 0 Å². The number of carbonyl (C=O) groups is 1. The maximum absolute atomic E-state index is 12.4. The molecule has 1 N–H and O–H groups in total. The molecule has 0 aliphatic heterocycles. The Kier molecular flexibility index (Phi) is 6.18. The zero-order chi connectivity index (χ0) is 18.2. The Morgan fingerprint density at radius 2 is 1.50 bits per heavy atom. The van der Waals surface area contributed by atoms with E-state index in [9.17, 15) is 4.79 Å². The lowest BCUT2D eigenvalue weighted by Gasteiger charge is -2.13. The maximum atomic E-state index is 12.4. The Hall–Kier alpha value is -2.91. The lowest BCUT2D eigenvalue weighted by Crippen LogP contribution is -2.26. The van der Waals surface area contributed by atoms with Gasteiger partial charge in [0.05, 0.1) is 6.54 Å². The third kappa shape index (κ3) is 5.04. The third-order valence-electron chi connectivity index (χ3n) is 4.29. The molecule has 3 aromatic carbocycles. The summed E-state index contributed by atoms with van der Waals surface area (Å²) in [6.07, 6.45) is 0. The highest BCUT2D eigenvalue weighted by Crippen LogP contribution is 2.15. The molecular formula is C23H23NO2. The molecule has 3 nitrogen and oxygen atoms in total. The molecule has 0 saturated carbocycles. The summed E-state index contributed by atoms with van der Waals surface area (Å²) in [5, 5.41) is 3.28. The van der Waals surface area contributed by atoms with Gasteiger partial charge >= 0.3 is 0 Å². The number of carbonyl (C=O) groups excluding carboxylic acids is 1. The van der Waals surface area contributed by atoms with Crippen LogP contribution in [0.5, 0.6) is 5.75 Å². The van der Waals surface area contributed by atoms with Crippen molar-refractivity contribution in [3.05, 3.63) is 102 Å². The van der Waals surface area contributed by atoms with Gasteiger partial charge in [0.1, 0.15) is 12.4 Å². The van der Waals surface area contributed by atoms with Crippen molar-refractivity contribution in [3.63, 3.8) is 0 Å². The standard InChI is InChI=1S/C23H23NO2/c1-18(20-10-6-3-7-11-20)24-16-23(25)21-12-14-22(15-13-21)26-17-19-8-4-2-5-9-19/h2-15,18,24H,16-17H2,1H3/t18-/m0/s1. The normalized spacial score (nSPS) is 11.7. The van der Waals surface area contributed by atoms with Crippen LogP contribution < -0.4 is 10.1 Å². The van der Waals surface area contributed by atoms with Gasteiger partial charge in [-0.15, -0.1) is 0 Å². The fourth-order valence-electron chi connectivity index (χ4n) is 2.69. The molecule has 0 spiro atoms. The fraction of sp³-hybridized carbons (Fsp3) is 0.174. The van der Waals surface area contributed by atoms with Crippen molar-refractivity contribution in [2.45, 2.75) is 19.6 Å². The molecule has 3 heteroatoms. The molecule has 0 fully saturated rings. The van der Waals surface area contributed by atoms with Crippen LogP contribution in [0.2, 0.25) is 0 Å². The van der Waals surface area contributed by atoms with E-state index in [0.717, 1.165) is 11.3 Å². The number of ketones is 1. The Bertz CT molecular complexity index is 814. The largest absolute Gasteiger partial charge is 0.489 e. The van der Waals surface area contributed by atoms with Crippen LogP contribution in [0, 0.1) is 0 Å². The van der Waals surface area contributed by atoms with E-state index in [1.165, 1.54) is 5.56 Å². The van der Waals surface area contributed by atoms with Gasteiger partial charge in [-0.3, -0.25) is 4.79 Å². The van der Waals surface area contributed by atoms with Crippen LogP contribution in [0.4, 0.5) is 0 Å². The van der Waals surface area contributed by atoms with Crippen LogP contribution in [-0.4, -0.2) is 12.3 Å². The van der Waals surface area contributed by atoms with Crippen molar-refractivity contribution >= 4 is 5.78 Å². The molecule has 26 heavy (non-hydrogen) atoms. The number of ether oxygens (including phenoxy) is 1. The Morgan fingerprint density at radius 1 is 0.885 bits per heavy atom. The van der Waals surface area contributed by atoms with Gasteiger partial charge in [0.15, 0.2) is 5.78 Å². The molecule has 0 aliphatic carbocycles. The van der Waals surface area contributed by atoms with Crippen LogP contribution in [0.15, 0.2) is 84.9 Å². The second-order valence-corrected chi connectivity index (χ2v) is 6.24. The lowest BCUT2D eigenvalue weighted by molar-refractivity contribution is 0.0988. The minimum absolute atomic E-state index is 0.0717. The van der Waals surface area contributed by atoms with Crippen molar-refractivity contribution < 1.29 is 9.53 Å². The Morgan fingerprint density at radius 3 is 2.15 bits per heavy atom. The molecule has 3 rings (SSSR count). The van der Waals surface area contributed by atoms with Gasteiger partial charge < -0.3 is 10.1 Å². The van der Waals surface area contributed by atoms with E-state index in [2.05, 4.69) is 24.4 Å². The molecular weight excluding hydrogens is 322 g/mol. The molecule has 132 valence electrons. The summed E-state index contributed by atoms with van der Waals surface area (Å²) in [5.41, 5.74) is 2.97. The summed E-state index contributed by atoms with van der Waals surface area (Å²) in [5.74, 6) is 0.832. The average Bonchev–Trinajstić information content (AvgIpc) is 2.72. The van der Waals surface area contributed by atoms with Crippen LogP contribution in [-0.2, 0) is 6.61 Å². The molecule has 0 aliphatic rings. The summed E-state index contributed by atoms with van der Waals surface area (Å²) in [6.45, 7) is 2.88. The van der Waals surface area contributed by atoms with Gasteiger partial charge in [0.2, 0.25) is 0 Å². The van der Waals surface area contributed by atoms with E-state index in [4.69, 9.17) is 4.74 Å². The fourth-order valence-corrected chi connectivity index (χ4v) is 2.69. The van der Waals surface area contributed by atoms with Gasteiger partial charge in [-0.25, -0.2) is 0 Å². The zero-order valence-electron chi connectivity index (χ0n) is 14.9. The highest BCUT2D eigenvalue weighted by atomic mass is 16.5. The van der Waals surface area contributed by atoms with Gasteiger partial charge in [-0.1, -0.05) is 60.7 Å². The molecule has 0 heterocycles.